The predicted molar refractivity (Wildman–Crippen MR) is 160 cm³/mol. The maximum Gasteiger partial charge on any atom is 0.407 e. The average molecular weight is 576 g/mol. The van der Waals surface area contributed by atoms with Gasteiger partial charge in [0, 0.05) is 24.8 Å². The van der Waals surface area contributed by atoms with Crippen LogP contribution in [0.15, 0.2) is 58.0 Å². The summed E-state index contributed by atoms with van der Waals surface area (Å²) in [4.78, 5) is 34.3. The van der Waals surface area contributed by atoms with Gasteiger partial charge in [0.25, 0.3) is 0 Å². The summed E-state index contributed by atoms with van der Waals surface area (Å²) < 4.78 is 16.8. The minimum atomic E-state index is -0.730. The fourth-order valence-corrected chi connectivity index (χ4v) is 5.07. The third-order valence-electron chi connectivity index (χ3n) is 7.05. The van der Waals surface area contributed by atoms with Crippen molar-refractivity contribution in [1.29, 1.82) is 0 Å². The Bertz CT molecular complexity index is 1360. The molecule has 0 radical (unpaired) electrons. The minimum Gasteiger partial charge on any atom is -0.460 e. The van der Waals surface area contributed by atoms with Crippen molar-refractivity contribution >= 4 is 17.9 Å². The van der Waals surface area contributed by atoms with Crippen molar-refractivity contribution in [3.05, 3.63) is 71.4 Å². The number of amides is 1. The van der Waals surface area contributed by atoms with Gasteiger partial charge in [-0.1, -0.05) is 60.6 Å². The van der Waals surface area contributed by atoms with Crippen molar-refractivity contribution in [2.75, 3.05) is 13.2 Å². The Kier molecular flexibility index (Phi) is 9.98. The number of esters is 1. The Hall–Kier alpha value is -4.21. The number of aliphatic imine (C=N–C) groups is 1. The van der Waals surface area contributed by atoms with Gasteiger partial charge in [0.05, 0.1) is 5.84 Å². The number of fused-ring (bicyclic) bond motifs is 3. The predicted octanol–water partition coefficient (Wildman–Crippen LogP) is 6.03. The minimum absolute atomic E-state index is 0.0109. The molecule has 224 valence electrons. The third kappa shape index (κ3) is 8.18. The zero-order valence-electron chi connectivity index (χ0n) is 25.1. The maximum absolute atomic E-state index is 13.1. The molecule has 3 aromatic rings. The SMILES string of the molecule is CC(N)=NCCC[C@H](C)c1noc([C@H](CCC(=O)OC(C)(C)C)NC(=O)OCC2c3ccccc3-c3ccccc32)n1. The molecule has 1 amide bonds. The molecule has 4 rings (SSSR count). The number of alkyl carbamates (subject to hydrolysis) is 1. The molecule has 0 spiro atoms. The van der Waals surface area contributed by atoms with E-state index in [-0.39, 0.29) is 43.1 Å². The van der Waals surface area contributed by atoms with Crippen LogP contribution in [0.25, 0.3) is 11.1 Å². The molecule has 0 saturated carbocycles. The molecular formula is C32H41N5O5. The first-order valence-corrected chi connectivity index (χ1v) is 14.4. The van der Waals surface area contributed by atoms with Crippen molar-refractivity contribution in [2.24, 2.45) is 10.7 Å². The zero-order chi connectivity index (χ0) is 30.3. The van der Waals surface area contributed by atoms with E-state index in [1.165, 1.54) is 0 Å². The Morgan fingerprint density at radius 2 is 1.71 bits per heavy atom. The summed E-state index contributed by atoms with van der Waals surface area (Å²) in [5.74, 6) is 0.838. The van der Waals surface area contributed by atoms with E-state index in [0.29, 0.717) is 18.2 Å². The van der Waals surface area contributed by atoms with Gasteiger partial charge in [0.15, 0.2) is 5.82 Å². The van der Waals surface area contributed by atoms with Crippen LogP contribution in [0.5, 0.6) is 0 Å². The lowest BCUT2D eigenvalue weighted by molar-refractivity contribution is -0.155. The summed E-state index contributed by atoms with van der Waals surface area (Å²) in [6.07, 6.45) is 1.24. The standard InChI is InChI=1S/C32H41N5O5/c1-20(11-10-18-34-21(2)33)29-36-30(42-37-29)27(16-17-28(38)41-32(3,4)5)35-31(39)40-19-26-24-14-8-6-12-22(24)23-13-7-9-15-25(23)26/h6-9,12-15,20,26-27H,10-11,16-19H2,1-5H3,(H2,33,34)(H,35,39)/t20-,27-/m0/s1. The number of carbonyl (C=O) groups is 2. The summed E-state index contributed by atoms with van der Waals surface area (Å²) >= 11 is 0. The van der Waals surface area contributed by atoms with Gasteiger partial charge < -0.3 is 25.0 Å². The lowest BCUT2D eigenvalue weighted by Gasteiger charge is -2.21. The van der Waals surface area contributed by atoms with E-state index in [0.717, 1.165) is 35.1 Å². The molecule has 42 heavy (non-hydrogen) atoms. The van der Waals surface area contributed by atoms with E-state index in [1.54, 1.807) is 6.92 Å². The Morgan fingerprint density at radius 3 is 2.33 bits per heavy atom. The van der Waals surface area contributed by atoms with Crippen molar-refractivity contribution < 1.29 is 23.6 Å². The number of hydrogen-bond acceptors (Lipinski definition) is 8. The van der Waals surface area contributed by atoms with Crippen LogP contribution in [0.1, 0.15) is 101 Å². The quantitative estimate of drug-likeness (QED) is 0.115. The number of amidine groups is 1. The number of ether oxygens (including phenoxy) is 2. The number of hydrogen-bond donors (Lipinski definition) is 2. The van der Waals surface area contributed by atoms with E-state index >= 15 is 0 Å². The van der Waals surface area contributed by atoms with Crippen LogP contribution in [0, 0.1) is 0 Å². The van der Waals surface area contributed by atoms with Gasteiger partial charge in [-0.15, -0.1) is 0 Å². The fourth-order valence-electron chi connectivity index (χ4n) is 5.07. The molecule has 10 nitrogen and oxygen atoms in total. The molecule has 1 heterocycles. The lowest BCUT2D eigenvalue weighted by atomic mass is 9.98. The second-order valence-electron chi connectivity index (χ2n) is 11.7. The Labute approximate surface area is 247 Å². The number of rotatable bonds is 12. The molecule has 2 aromatic carbocycles. The second kappa shape index (κ2) is 13.6. The summed E-state index contributed by atoms with van der Waals surface area (Å²) in [6.45, 7) is 9.97. The van der Waals surface area contributed by atoms with Gasteiger partial charge in [0.1, 0.15) is 18.2 Å². The van der Waals surface area contributed by atoms with E-state index in [1.807, 2.05) is 52.0 Å². The van der Waals surface area contributed by atoms with Crippen LogP contribution in [0.4, 0.5) is 4.79 Å². The number of carbonyl (C=O) groups excluding carboxylic acids is 2. The van der Waals surface area contributed by atoms with Crippen molar-refractivity contribution in [3.8, 4) is 11.1 Å². The van der Waals surface area contributed by atoms with Crippen LogP contribution >= 0.6 is 0 Å². The van der Waals surface area contributed by atoms with Gasteiger partial charge in [0.2, 0.25) is 5.89 Å². The number of nitrogens with two attached hydrogens (primary N) is 1. The van der Waals surface area contributed by atoms with Gasteiger partial charge in [-0.3, -0.25) is 9.79 Å². The topological polar surface area (TPSA) is 142 Å². The first-order valence-electron chi connectivity index (χ1n) is 14.4. The van der Waals surface area contributed by atoms with Crippen LogP contribution in [-0.4, -0.2) is 46.8 Å². The van der Waals surface area contributed by atoms with Crippen molar-refractivity contribution in [1.82, 2.24) is 15.5 Å². The normalized spacial score (nSPS) is 14.5. The van der Waals surface area contributed by atoms with Gasteiger partial charge >= 0.3 is 12.1 Å². The van der Waals surface area contributed by atoms with Gasteiger partial charge in [-0.25, -0.2) is 4.79 Å². The van der Waals surface area contributed by atoms with E-state index in [9.17, 15) is 9.59 Å². The van der Waals surface area contributed by atoms with Crippen molar-refractivity contribution in [2.45, 2.75) is 83.8 Å². The molecule has 1 aliphatic carbocycles. The van der Waals surface area contributed by atoms with Gasteiger partial charge in [-0.05, 0) is 69.2 Å². The molecule has 0 saturated heterocycles. The monoisotopic (exact) mass is 575 g/mol. The molecule has 1 aliphatic rings. The van der Waals surface area contributed by atoms with E-state index in [4.69, 9.17) is 19.7 Å². The fraction of sp³-hybridized carbons (Fsp3) is 0.469. The summed E-state index contributed by atoms with van der Waals surface area (Å²) in [7, 11) is 0. The molecule has 10 heteroatoms. The highest BCUT2D eigenvalue weighted by Gasteiger charge is 2.30. The largest absolute Gasteiger partial charge is 0.460 e. The van der Waals surface area contributed by atoms with Gasteiger partial charge in [-0.2, -0.15) is 4.98 Å². The Morgan fingerprint density at radius 1 is 1.07 bits per heavy atom. The second-order valence-corrected chi connectivity index (χ2v) is 11.7. The molecular weight excluding hydrogens is 534 g/mol. The molecule has 0 fully saturated rings. The maximum atomic E-state index is 13.1. The third-order valence-corrected chi connectivity index (χ3v) is 7.05. The van der Waals surface area contributed by atoms with E-state index in [2.05, 4.69) is 44.7 Å². The summed E-state index contributed by atoms with van der Waals surface area (Å²) in [5, 5.41) is 6.99. The number of aromatic nitrogens is 2. The molecule has 0 bridgehead atoms. The smallest absolute Gasteiger partial charge is 0.407 e. The average Bonchev–Trinajstić information content (AvgIpc) is 3.55. The molecule has 1 aromatic heterocycles. The highest BCUT2D eigenvalue weighted by atomic mass is 16.6. The lowest BCUT2D eigenvalue weighted by Crippen LogP contribution is -2.31. The van der Waals surface area contributed by atoms with Crippen LogP contribution < -0.4 is 11.1 Å². The van der Waals surface area contributed by atoms with Crippen molar-refractivity contribution in [3.63, 3.8) is 0 Å². The highest BCUT2D eigenvalue weighted by molar-refractivity contribution is 5.79. The highest BCUT2D eigenvalue weighted by Crippen LogP contribution is 2.44. The van der Waals surface area contributed by atoms with Crippen LogP contribution in [0.3, 0.4) is 0 Å². The molecule has 0 aliphatic heterocycles. The molecule has 3 N–H and O–H groups in total. The number of nitrogens with zero attached hydrogens (tertiary/aromatic N) is 3. The van der Waals surface area contributed by atoms with Crippen LogP contribution in [-0.2, 0) is 14.3 Å². The van der Waals surface area contributed by atoms with Crippen LogP contribution in [0.2, 0.25) is 0 Å². The first-order chi connectivity index (χ1) is 20.0. The van der Waals surface area contributed by atoms with E-state index < -0.39 is 17.7 Å². The number of nitrogens with one attached hydrogen (secondary N) is 1. The number of benzene rings is 2. The summed E-state index contributed by atoms with van der Waals surface area (Å²) in [5.41, 5.74) is 9.53. The molecule has 2 atom stereocenters. The zero-order valence-corrected chi connectivity index (χ0v) is 25.1. The summed E-state index contributed by atoms with van der Waals surface area (Å²) in [6, 6.07) is 15.6. The Balaban J connectivity index is 1.43. The first kappa shape index (κ1) is 30.7. The molecule has 0 unspecified atom stereocenters.